The molecular formula is C21H30N2. The van der Waals surface area contributed by atoms with Gasteiger partial charge in [0.25, 0.3) is 0 Å². The Morgan fingerprint density at radius 1 is 1.09 bits per heavy atom. The fourth-order valence-corrected chi connectivity index (χ4v) is 7.28. The zero-order valence-electron chi connectivity index (χ0n) is 14.7. The standard InChI is InChI=1S/C21H30N2/c1-3-20-11-7-14-22-15-13-21(19(20)22)16-8-5-6-9-17(16)23(4-2)18(21)10-12-20/h5-6,8-9,18-19H,3-4,7,10-15H2,1-2H3/t18-,19-,20-,21-/m1/s1. The van der Waals surface area contributed by atoms with Gasteiger partial charge < -0.3 is 4.90 Å². The molecule has 1 aromatic carbocycles. The molecule has 23 heavy (non-hydrogen) atoms. The third kappa shape index (κ3) is 1.54. The van der Waals surface area contributed by atoms with E-state index in [0.29, 0.717) is 10.8 Å². The van der Waals surface area contributed by atoms with E-state index < -0.39 is 0 Å². The second-order valence-electron chi connectivity index (χ2n) is 8.41. The van der Waals surface area contributed by atoms with Gasteiger partial charge in [-0.1, -0.05) is 25.1 Å². The van der Waals surface area contributed by atoms with Crippen molar-refractivity contribution in [2.24, 2.45) is 5.41 Å². The van der Waals surface area contributed by atoms with Crippen molar-refractivity contribution in [2.45, 2.75) is 69.9 Å². The fraction of sp³-hybridized carbons (Fsp3) is 0.714. The van der Waals surface area contributed by atoms with Crippen LogP contribution in [0.5, 0.6) is 0 Å². The largest absolute Gasteiger partial charge is 0.368 e. The highest BCUT2D eigenvalue weighted by atomic mass is 15.3. The Morgan fingerprint density at radius 2 is 1.96 bits per heavy atom. The first-order chi connectivity index (χ1) is 11.3. The van der Waals surface area contributed by atoms with Gasteiger partial charge in [0.1, 0.15) is 0 Å². The number of benzene rings is 1. The van der Waals surface area contributed by atoms with Crippen LogP contribution < -0.4 is 4.90 Å². The van der Waals surface area contributed by atoms with Crippen molar-refractivity contribution in [1.82, 2.24) is 4.90 Å². The van der Waals surface area contributed by atoms with Crippen LogP contribution in [0.3, 0.4) is 0 Å². The molecule has 5 rings (SSSR count). The van der Waals surface area contributed by atoms with Gasteiger partial charge in [0.2, 0.25) is 0 Å². The van der Waals surface area contributed by atoms with E-state index in [1.807, 2.05) is 0 Å². The predicted octanol–water partition coefficient (Wildman–Crippen LogP) is 4.19. The Bertz CT molecular complexity index is 626. The normalized spacial score (nSPS) is 41.6. The molecule has 2 saturated heterocycles. The zero-order valence-corrected chi connectivity index (χ0v) is 14.7. The average molecular weight is 310 g/mol. The molecule has 1 aromatic rings. The van der Waals surface area contributed by atoms with Crippen molar-refractivity contribution in [2.75, 3.05) is 24.5 Å². The summed E-state index contributed by atoms with van der Waals surface area (Å²) in [5, 5.41) is 0. The summed E-state index contributed by atoms with van der Waals surface area (Å²) >= 11 is 0. The number of hydrogen-bond acceptors (Lipinski definition) is 2. The number of anilines is 1. The van der Waals surface area contributed by atoms with Crippen LogP contribution in [0.15, 0.2) is 24.3 Å². The molecule has 4 aliphatic rings. The number of hydrogen-bond donors (Lipinski definition) is 0. The summed E-state index contributed by atoms with van der Waals surface area (Å²) in [6, 6.07) is 10.9. The molecule has 4 atom stereocenters. The minimum Gasteiger partial charge on any atom is -0.368 e. The summed E-state index contributed by atoms with van der Waals surface area (Å²) in [4.78, 5) is 5.65. The molecule has 3 heterocycles. The van der Waals surface area contributed by atoms with Crippen LogP contribution in [0.1, 0.15) is 57.9 Å². The first kappa shape index (κ1) is 14.3. The number of rotatable bonds is 2. The summed E-state index contributed by atoms with van der Waals surface area (Å²) in [6.45, 7) is 8.65. The zero-order chi connectivity index (χ0) is 15.7. The Balaban J connectivity index is 1.73. The summed E-state index contributed by atoms with van der Waals surface area (Å²) in [5.74, 6) is 0. The van der Waals surface area contributed by atoms with Gasteiger partial charge in [-0.05, 0) is 75.6 Å². The smallest absolute Gasteiger partial charge is 0.0408 e. The third-order valence-electron chi connectivity index (χ3n) is 8.01. The molecule has 3 aliphatic heterocycles. The van der Waals surface area contributed by atoms with Gasteiger partial charge in [0, 0.05) is 29.7 Å². The molecule has 0 bridgehead atoms. The lowest BCUT2D eigenvalue weighted by atomic mass is 9.52. The number of piperidine rings is 1. The molecule has 0 N–H and O–H groups in total. The molecule has 1 aliphatic carbocycles. The van der Waals surface area contributed by atoms with E-state index in [4.69, 9.17) is 0 Å². The van der Waals surface area contributed by atoms with E-state index in [1.165, 1.54) is 51.6 Å². The van der Waals surface area contributed by atoms with E-state index in [-0.39, 0.29) is 0 Å². The molecule has 0 amide bonds. The summed E-state index contributed by atoms with van der Waals surface area (Å²) < 4.78 is 0. The Morgan fingerprint density at radius 3 is 2.78 bits per heavy atom. The van der Waals surface area contributed by atoms with Crippen LogP contribution in [0, 0.1) is 5.41 Å². The molecule has 3 fully saturated rings. The molecule has 2 heteroatoms. The van der Waals surface area contributed by atoms with Gasteiger partial charge in [-0.3, -0.25) is 4.90 Å². The second-order valence-corrected chi connectivity index (χ2v) is 8.41. The van der Waals surface area contributed by atoms with Crippen molar-refractivity contribution in [3.05, 3.63) is 29.8 Å². The summed E-state index contributed by atoms with van der Waals surface area (Å²) in [5.41, 5.74) is 4.25. The van der Waals surface area contributed by atoms with E-state index in [9.17, 15) is 0 Å². The Labute approximate surface area is 140 Å². The molecule has 0 radical (unpaired) electrons. The highest BCUT2D eigenvalue weighted by Crippen LogP contribution is 2.65. The Hall–Kier alpha value is -1.02. The van der Waals surface area contributed by atoms with E-state index in [0.717, 1.165) is 18.6 Å². The third-order valence-corrected chi connectivity index (χ3v) is 8.01. The van der Waals surface area contributed by atoms with Crippen molar-refractivity contribution in [1.29, 1.82) is 0 Å². The van der Waals surface area contributed by atoms with Crippen molar-refractivity contribution in [3.8, 4) is 0 Å². The number of fused-ring (bicyclic) bond motifs is 1. The lowest BCUT2D eigenvalue weighted by Crippen LogP contribution is -2.64. The molecule has 1 saturated carbocycles. The van der Waals surface area contributed by atoms with Gasteiger partial charge >= 0.3 is 0 Å². The first-order valence-electron chi connectivity index (χ1n) is 9.87. The number of para-hydroxylation sites is 1. The minimum atomic E-state index is 0.418. The SMILES string of the molecule is CCN1c2ccccc2[C@]23CCN4CCC[C@](CC)(CC[C@@H]12)[C@@H]43. The monoisotopic (exact) mass is 310 g/mol. The van der Waals surface area contributed by atoms with E-state index in [2.05, 4.69) is 47.9 Å². The highest BCUT2D eigenvalue weighted by Gasteiger charge is 2.67. The molecule has 1 spiro atoms. The van der Waals surface area contributed by atoms with Crippen LogP contribution in [0.4, 0.5) is 5.69 Å². The summed E-state index contributed by atoms with van der Waals surface area (Å²) in [6.07, 6.45) is 8.49. The molecule has 2 nitrogen and oxygen atoms in total. The van der Waals surface area contributed by atoms with Gasteiger partial charge in [-0.15, -0.1) is 0 Å². The molecule has 0 unspecified atom stereocenters. The van der Waals surface area contributed by atoms with Gasteiger partial charge in [-0.2, -0.15) is 0 Å². The van der Waals surface area contributed by atoms with Gasteiger partial charge in [0.15, 0.2) is 0 Å². The van der Waals surface area contributed by atoms with Crippen molar-refractivity contribution < 1.29 is 0 Å². The predicted molar refractivity (Wildman–Crippen MR) is 96.1 cm³/mol. The summed E-state index contributed by atoms with van der Waals surface area (Å²) in [7, 11) is 0. The fourth-order valence-electron chi connectivity index (χ4n) is 7.28. The second kappa shape index (κ2) is 4.75. The molecule has 0 aromatic heterocycles. The topological polar surface area (TPSA) is 6.48 Å². The quantitative estimate of drug-likeness (QED) is 0.808. The van der Waals surface area contributed by atoms with E-state index in [1.54, 1.807) is 11.3 Å². The minimum absolute atomic E-state index is 0.418. The van der Waals surface area contributed by atoms with E-state index >= 15 is 0 Å². The first-order valence-corrected chi connectivity index (χ1v) is 9.87. The van der Waals surface area contributed by atoms with Crippen LogP contribution >= 0.6 is 0 Å². The lowest BCUT2D eigenvalue weighted by Gasteiger charge is -2.58. The van der Waals surface area contributed by atoms with Crippen LogP contribution in [0.25, 0.3) is 0 Å². The highest BCUT2D eigenvalue weighted by molar-refractivity contribution is 5.66. The van der Waals surface area contributed by atoms with Crippen molar-refractivity contribution >= 4 is 5.69 Å². The lowest BCUT2D eigenvalue weighted by molar-refractivity contribution is -0.0341. The van der Waals surface area contributed by atoms with Crippen molar-refractivity contribution in [3.63, 3.8) is 0 Å². The van der Waals surface area contributed by atoms with Crippen LogP contribution in [0.2, 0.25) is 0 Å². The number of likely N-dealkylation sites (N-methyl/N-ethyl adjacent to an activating group) is 1. The van der Waals surface area contributed by atoms with Gasteiger partial charge in [0.05, 0.1) is 0 Å². The Kier molecular flexibility index (Phi) is 2.96. The molecular weight excluding hydrogens is 280 g/mol. The van der Waals surface area contributed by atoms with Gasteiger partial charge in [-0.25, -0.2) is 0 Å². The van der Waals surface area contributed by atoms with Crippen LogP contribution in [-0.2, 0) is 5.41 Å². The maximum absolute atomic E-state index is 2.90. The number of nitrogens with zero attached hydrogens (tertiary/aromatic N) is 2. The maximum Gasteiger partial charge on any atom is 0.0408 e. The molecule has 124 valence electrons. The average Bonchev–Trinajstić information content (AvgIpc) is 3.13. The maximum atomic E-state index is 2.90. The van der Waals surface area contributed by atoms with Crippen LogP contribution in [-0.4, -0.2) is 36.6 Å².